The van der Waals surface area contributed by atoms with Crippen LogP contribution in [-0.4, -0.2) is 63.5 Å². The van der Waals surface area contributed by atoms with Crippen molar-refractivity contribution in [1.82, 2.24) is 35.7 Å². The summed E-state index contributed by atoms with van der Waals surface area (Å²) in [5.41, 5.74) is 0.934. The van der Waals surface area contributed by atoms with Crippen molar-refractivity contribution in [3.05, 3.63) is 40.4 Å². The average molecular weight is 398 g/mol. The zero-order valence-corrected chi connectivity index (χ0v) is 15.6. The number of carbonyl (C=O) groups excluding carboxylic acids is 1. The average Bonchev–Trinajstić information content (AvgIpc) is 3.07. The highest BCUT2D eigenvalue weighted by atomic mass is 35.5. The molecule has 3 rings (SSSR count). The smallest absolute Gasteiger partial charge is 0.315 e. The molecule has 146 valence electrons. The zero-order chi connectivity index (χ0) is 19.2. The topological polar surface area (TPSA) is 97.2 Å². The molecule has 1 fully saturated rings. The molecule has 0 aliphatic carbocycles. The van der Waals surface area contributed by atoms with Crippen molar-refractivity contribution in [1.29, 1.82) is 0 Å². The standard InChI is InChI=1S/C16H21ClFN7O2/c1-24-22-15(21-23-24)8-20-16(26)19-7-12-10-25(4-5-27-12)9-11-2-3-14(18)13(17)6-11/h2-3,6,12H,4-5,7-10H2,1H3,(H2,19,20,26)/t12-/m0/s1. The minimum Gasteiger partial charge on any atom is -0.374 e. The molecule has 9 nitrogen and oxygen atoms in total. The van der Waals surface area contributed by atoms with E-state index in [0.29, 0.717) is 32.1 Å². The second kappa shape index (κ2) is 9.07. The summed E-state index contributed by atoms with van der Waals surface area (Å²) in [6, 6.07) is 4.40. The van der Waals surface area contributed by atoms with Gasteiger partial charge in [0.15, 0.2) is 5.82 Å². The Labute approximate surface area is 160 Å². The van der Waals surface area contributed by atoms with Crippen LogP contribution in [0, 0.1) is 5.82 Å². The number of amides is 2. The first-order valence-electron chi connectivity index (χ1n) is 8.52. The molecule has 0 bridgehead atoms. The molecule has 2 amide bonds. The Kier molecular flexibility index (Phi) is 6.54. The Morgan fingerprint density at radius 1 is 1.44 bits per heavy atom. The first-order valence-corrected chi connectivity index (χ1v) is 8.90. The fraction of sp³-hybridized carbons (Fsp3) is 0.500. The third kappa shape index (κ3) is 5.84. The molecule has 11 heteroatoms. The van der Waals surface area contributed by atoms with E-state index in [-0.39, 0.29) is 23.7 Å². The lowest BCUT2D eigenvalue weighted by atomic mass is 10.2. The fourth-order valence-corrected chi connectivity index (χ4v) is 2.97. The maximum absolute atomic E-state index is 13.3. The Hall–Kier alpha value is -2.30. The number of nitrogens with one attached hydrogen (secondary N) is 2. The number of tetrazole rings is 1. The molecule has 1 aliphatic rings. The van der Waals surface area contributed by atoms with Crippen LogP contribution in [0.15, 0.2) is 18.2 Å². The van der Waals surface area contributed by atoms with Gasteiger partial charge in [0, 0.05) is 26.2 Å². The van der Waals surface area contributed by atoms with E-state index in [1.165, 1.54) is 10.9 Å². The van der Waals surface area contributed by atoms with Gasteiger partial charge in [-0.15, -0.1) is 10.2 Å². The van der Waals surface area contributed by atoms with Gasteiger partial charge in [-0.25, -0.2) is 9.18 Å². The summed E-state index contributed by atoms with van der Waals surface area (Å²) in [4.78, 5) is 15.4. The number of halogens is 2. The third-order valence-corrected chi connectivity index (χ3v) is 4.35. The molecule has 2 N–H and O–H groups in total. The van der Waals surface area contributed by atoms with Crippen LogP contribution < -0.4 is 10.6 Å². The molecular formula is C16H21ClFN7O2. The van der Waals surface area contributed by atoms with Crippen molar-refractivity contribution in [3.63, 3.8) is 0 Å². The number of rotatable bonds is 6. The van der Waals surface area contributed by atoms with Crippen molar-refractivity contribution in [2.75, 3.05) is 26.2 Å². The fourth-order valence-electron chi connectivity index (χ4n) is 2.77. The maximum atomic E-state index is 13.3. The number of aromatic nitrogens is 4. The summed E-state index contributed by atoms with van der Waals surface area (Å²) in [5, 5.41) is 17.0. The molecule has 0 saturated carbocycles. The summed E-state index contributed by atoms with van der Waals surface area (Å²) < 4.78 is 19.0. The van der Waals surface area contributed by atoms with Crippen LogP contribution in [0.3, 0.4) is 0 Å². The van der Waals surface area contributed by atoms with E-state index in [1.807, 2.05) is 0 Å². The third-order valence-electron chi connectivity index (χ3n) is 4.06. The van der Waals surface area contributed by atoms with Gasteiger partial charge in [0.25, 0.3) is 0 Å². The Bertz CT molecular complexity index is 788. The Balaban J connectivity index is 1.41. The molecule has 2 aromatic rings. The van der Waals surface area contributed by atoms with Gasteiger partial charge in [-0.2, -0.15) is 4.80 Å². The predicted molar refractivity (Wildman–Crippen MR) is 95.5 cm³/mol. The number of carbonyl (C=O) groups is 1. The van der Waals surface area contributed by atoms with Crippen LogP contribution in [0.4, 0.5) is 9.18 Å². The molecule has 0 radical (unpaired) electrons. The van der Waals surface area contributed by atoms with E-state index in [1.54, 1.807) is 19.2 Å². The minimum atomic E-state index is -0.424. The van der Waals surface area contributed by atoms with Gasteiger partial charge in [-0.3, -0.25) is 4.90 Å². The summed E-state index contributed by atoms with van der Waals surface area (Å²) >= 11 is 5.83. The Morgan fingerprint density at radius 3 is 3.04 bits per heavy atom. The van der Waals surface area contributed by atoms with E-state index in [9.17, 15) is 9.18 Å². The molecule has 1 atom stereocenters. The van der Waals surface area contributed by atoms with Crippen molar-refractivity contribution >= 4 is 17.6 Å². The van der Waals surface area contributed by atoms with Crippen LogP contribution >= 0.6 is 11.6 Å². The highest BCUT2D eigenvalue weighted by Gasteiger charge is 2.21. The first kappa shape index (κ1) is 19.5. The Morgan fingerprint density at radius 2 is 2.30 bits per heavy atom. The van der Waals surface area contributed by atoms with Gasteiger partial charge in [0.2, 0.25) is 0 Å². The van der Waals surface area contributed by atoms with Crippen LogP contribution in [0.25, 0.3) is 0 Å². The first-order chi connectivity index (χ1) is 13.0. The van der Waals surface area contributed by atoms with E-state index in [0.717, 1.165) is 12.1 Å². The summed E-state index contributed by atoms with van der Waals surface area (Å²) in [7, 11) is 1.66. The van der Waals surface area contributed by atoms with Crippen molar-refractivity contribution in [2.24, 2.45) is 7.05 Å². The van der Waals surface area contributed by atoms with Crippen LogP contribution in [0.2, 0.25) is 5.02 Å². The van der Waals surface area contributed by atoms with Crippen molar-refractivity contribution in [2.45, 2.75) is 19.2 Å². The number of hydrogen-bond donors (Lipinski definition) is 2. The number of morpholine rings is 1. The quantitative estimate of drug-likeness (QED) is 0.744. The van der Waals surface area contributed by atoms with Crippen LogP contribution in [-0.2, 0) is 24.9 Å². The largest absolute Gasteiger partial charge is 0.374 e. The SMILES string of the molecule is Cn1nnc(CNC(=O)NC[C@H]2CN(Cc3ccc(F)c(Cl)c3)CCO2)n1. The second-order valence-corrected chi connectivity index (χ2v) is 6.64. The number of nitrogens with zero attached hydrogens (tertiary/aromatic N) is 5. The lowest BCUT2D eigenvalue weighted by Gasteiger charge is -2.33. The highest BCUT2D eigenvalue weighted by molar-refractivity contribution is 6.30. The summed E-state index contributed by atoms with van der Waals surface area (Å²) in [6.07, 6.45) is -0.130. The molecule has 1 aromatic carbocycles. The molecular weight excluding hydrogens is 377 g/mol. The lowest BCUT2D eigenvalue weighted by molar-refractivity contribution is -0.0287. The van der Waals surface area contributed by atoms with Gasteiger partial charge in [-0.05, 0) is 22.9 Å². The predicted octanol–water partition coefficient (Wildman–Crippen LogP) is 0.703. The number of urea groups is 1. The lowest BCUT2D eigenvalue weighted by Crippen LogP contribution is -2.48. The number of hydrogen-bond acceptors (Lipinski definition) is 6. The van der Waals surface area contributed by atoms with Gasteiger partial charge in [0.1, 0.15) is 5.82 Å². The highest BCUT2D eigenvalue weighted by Crippen LogP contribution is 2.18. The number of benzene rings is 1. The van der Waals surface area contributed by atoms with Gasteiger partial charge < -0.3 is 15.4 Å². The number of aryl methyl sites for hydroxylation is 1. The molecule has 1 aromatic heterocycles. The van der Waals surface area contributed by atoms with E-state index in [4.69, 9.17) is 16.3 Å². The molecule has 27 heavy (non-hydrogen) atoms. The van der Waals surface area contributed by atoms with Crippen LogP contribution in [0.5, 0.6) is 0 Å². The zero-order valence-electron chi connectivity index (χ0n) is 14.9. The van der Waals surface area contributed by atoms with Gasteiger partial charge >= 0.3 is 6.03 Å². The van der Waals surface area contributed by atoms with E-state index in [2.05, 4.69) is 30.9 Å². The monoisotopic (exact) mass is 397 g/mol. The molecule has 0 spiro atoms. The molecule has 1 aliphatic heterocycles. The van der Waals surface area contributed by atoms with E-state index >= 15 is 0 Å². The minimum absolute atomic E-state index is 0.119. The van der Waals surface area contributed by atoms with Crippen molar-refractivity contribution in [3.8, 4) is 0 Å². The summed E-state index contributed by atoms with van der Waals surface area (Å²) in [5.74, 6) is 0.0119. The summed E-state index contributed by atoms with van der Waals surface area (Å²) in [6.45, 7) is 3.19. The van der Waals surface area contributed by atoms with Gasteiger partial charge in [-0.1, -0.05) is 17.7 Å². The van der Waals surface area contributed by atoms with Gasteiger partial charge in [0.05, 0.1) is 31.3 Å². The molecule has 1 saturated heterocycles. The normalized spacial score (nSPS) is 17.7. The second-order valence-electron chi connectivity index (χ2n) is 6.24. The molecule has 2 heterocycles. The van der Waals surface area contributed by atoms with Crippen LogP contribution in [0.1, 0.15) is 11.4 Å². The number of ether oxygens (including phenoxy) is 1. The maximum Gasteiger partial charge on any atom is 0.315 e. The van der Waals surface area contributed by atoms with E-state index < -0.39 is 5.82 Å². The van der Waals surface area contributed by atoms with Crippen molar-refractivity contribution < 1.29 is 13.9 Å². The molecule has 0 unspecified atom stereocenters.